The lowest BCUT2D eigenvalue weighted by atomic mass is 9.90. The lowest BCUT2D eigenvalue weighted by Gasteiger charge is -2.51. The third-order valence-electron chi connectivity index (χ3n) is 4.54. The second-order valence-corrected chi connectivity index (χ2v) is 5.56. The number of nitrogens with zero attached hydrogens (tertiary/aromatic N) is 1. The van der Waals surface area contributed by atoms with Crippen LogP contribution < -0.4 is 17.0 Å². The summed E-state index contributed by atoms with van der Waals surface area (Å²) in [4.78, 5) is 0. The number of halogens is 1. The molecule has 0 aromatic heterocycles. The molecule has 0 saturated carbocycles. The minimum Gasteiger partial charge on any atom is -1.00 e. The van der Waals surface area contributed by atoms with Crippen molar-refractivity contribution in [1.82, 2.24) is 0 Å². The van der Waals surface area contributed by atoms with Crippen LogP contribution in [0, 0.1) is 0 Å². The predicted molar refractivity (Wildman–Crippen MR) is 62.2 cm³/mol. The fraction of sp³-hybridized carbons (Fsp3) is 1.00. The lowest BCUT2D eigenvalue weighted by Crippen LogP contribution is -3.00. The van der Waals surface area contributed by atoms with Crippen molar-refractivity contribution < 1.29 is 41.9 Å². The predicted octanol–water partition coefficient (Wildman–Crippen LogP) is -4.16. The van der Waals surface area contributed by atoms with Gasteiger partial charge in [-0.3, -0.25) is 0 Å². The third-order valence-corrected chi connectivity index (χ3v) is 4.54. The highest BCUT2D eigenvalue weighted by Gasteiger charge is 2.51. The summed E-state index contributed by atoms with van der Waals surface area (Å²) in [6.07, 6.45) is 1.43. The van der Waals surface area contributed by atoms with E-state index < -0.39 is 18.3 Å². The maximum Gasteiger partial charge on any atom is 0.141 e. The molecule has 108 valence electrons. The quantitative estimate of drug-likeness (QED) is 0.369. The maximum atomic E-state index is 10.0. The van der Waals surface area contributed by atoms with E-state index in [4.69, 9.17) is 0 Å². The first-order chi connectivity index (χ1) is 8.10. The second kappa shape index (κ2) is 6.63. The van der Waals surface area contributed by atoms with Crippen molar-refractivity contribution >= 4 is 0 Å². The van der Waals surface area contributed by atoms with E-state index in [1.165, 1.54) is 12.8 Å². The topological polar surface area (TPSA) is 80.9 Å². The van der Waals surface area contributed by atoms with E-state index in [2.05, 4.69) is 0 Å². The van der Waals surface area contributed by atoms with Crippen molar-refractivity contribution in [2.24, 2.45) is 0 Å². The first kappa shape index (κ1) is 16.3. The van der Waals surface area contributed by atoms with E-state index in [0.29, 0.717) is 11.0 Å². The normalized spacial score (nSPS) is 40.0. The Hall–Kier alpha value is 0.280. The van der Waals surface area contributed by atoms with Gasteiger partial charge in [-0.05, 0) is 25.7 Å². The zero-order valence-corrected chi connectivity index (χ0v) is 12.2. The van der Waals surface area contributed by atoms with Crippen molar-refractivity contribution in [3.8, 4) is 0 Å². The molecule has 1 spiro atoms. The van der Waals surface area contributed by atoms with Crippen LogP contribution in [0.15, 0.2) is 0 Å². The fourth-order valence-corrected chi connectivity index (χ4v) is 3.51. The zero-order valence-electron chi connectivity index (χ0n) is 10.6. The van der Waals surface area contributed by atoms with Gasteiger partial charge in [0.15, 0.2) is 0 Å². The Morgan fingerprint density at radius 1 is 0.889 bits per heavy atom. The van der Waals surface area contributed by atoms with E-state index in [-0.39, 0.29) is 29.6 Å². The van der Waals surface area contributed by atoms with Gasteiger partial charge in [0.25, 0.3) is 0 Å². The molecule has 0 aliphatic carbocycles. The summed E-state index contributed by atoms with van der Waals surface area (Å²) < 4.78 is 0.565. The standard InChI is InChI=1S/C12H24NO4.BrH/c14-8-9-11(16)12(17)10(15)7-13(9)5-3-1-2-4-6-13;/h9-12,14-17H,1-8H2;1H/q+1;/p-1/t9-,10-,11-,12-;/m1./s1. The van der Waals surface area contributed by atoms with Gasteiger partial charge in [-0.1, -0.05) is 0 Å². The highest BCUT2D eigenvalue weighted by atomic mass is 79.9. The monoisotopic (exact) mass is 325 g/mol. The molecule has 5 nitrogen and oxygen atoms in total. The number of aliphatic hydroxyl groups excluding tert-OH is 4. The summed E-state index contributed by atoms with van der Waals surface area (Å²) in [6.45, 7) is 2.08. The molecular formula is C12H24BrNO4. The van der Waals surface area contributed by atoms with Gasteiger partial charge < -0.3 is 41.9 Å². The molecule has 18 heavy (non-hydrogen) atoms. The smallest absolute Gasteiger partial charge is 0.141 e. The molecule has 2 aliphatic heterocycles. The Morgan fingerprint density at radius 3 is 1.94 bits per heavy atom. The number of quaternary nitrogens is 1. The van der Waals surface area contributed by atoms with E-state index >= 15 is 0 Å². The number of hydrogen-bond acceptors (Lipinski definition) is 4. The Labute approximate surface area is 118 Å². The average Bonchev–Trinajstić information content (AvgIpc) is 2.53. The van der Waals surface area contributed by atoms with Crippen LogP contribution in [0.1, 0.15) is 25.7 Å². The van der Waals surface area contributed by atoms with E-state index in [1.54, 1.807) is 0 Å². The summed E-state index contributed by atoms with van der Waals surface area (Å²) in [6, 6.07) is -0.355. The highest BCUT2D eigenvalue weighted by molar-refractivity contribution is 4.88. The molecule has 4 N–H and O–H groups in total. The number of aliphatic hydroxyl groups is 4. The van der Waals surface area contributed by atoms with Gasteiger partial charge in [0, 0.05) is 0 Å². The van der Waals surface area contributed by atoms with Gasteiger partial charge in [-0.25, -0.2) is 0 Å². The zero-order chi connectivity index (χ0) is 12.5. The Kier molecular flexibility index (Phi) is 6.02. The molecule has 0 aromatic rings. The summed E-state index contributed by atoms with van der Waals surface area (Å²) in [5.41, 5.74) is 0. The molecule has 0 bridgehead atoms. The van der Waals surface area contributed by atoms with Gasteiger partial charge in [0.05, 0.1) is 19.7 Å². The Morgan fingerprint density at radius 2 is 1.44 bits per heavy atom. The van der Waals surface area contributed by atoms with Crippen molar-refractivity contribution in [1.29, 1.82) is 0 Å². The minimum atomic E-state index is -1.13. The highest BCUT2D eigenvalue weighted by Crippen LogP contribution is 2.30. The van der Waals surface area contributed by atoms with Gasteiger partial charge >= 0.3 is 0 Å². The largest absolute Gasteiger partial charge is 1.00 e. The second-order valence-electron chi connectivity index (χ2n) is 5.56. The number of rotatable bonds is 1. The molecule has 2 fully saturated rings. The van der Waals surface area contributed by atoms with E-state index in [1.807, 2.05) is 0 Å². The van der Waals surface area contributed by atoms with Crippen LogP contribution in [-0.2, 0) is 0 Å². The Balaban J connectivity index is 0.00000162. The summed E-state index contributed by atoms with van der Waals surface area (Å²) >= 11 is 0. The van der Waals surface area contributed by atoms with Crippen LogP contribution in [-0.4, -0.2) is 75.5 Å². The van der Waals surface area contributed by atoms with Crippen molar-refractivity contribution in [2.45, 2.75) is 50.0 Å². The van der Waals surface area contributed by atoms with E-state index in [0.717, 1.165) is 25.9 Å². The first-order valence-corrected chi connectivity index (χ1v) is 6.61. The Bertz CT molecular complexity index is 258. The molecular weight excluding hydrogens is 302 g/mol. The molecule has 2 heterocycles. The third kappa shape index (κ3) is 2.89. The lowest BCUT2D eigenvalue weighted by molar-refractivity contribution is -0.963. The summed E-state index contributed by atoms with van der Waals surface area (Å²) in [5, 5.41) is 39.1. The molecule has 2 saturated heterocycles. The van der Waals surface area contributed by atoms with Crippen LogP contribution in [0.25, 0.3) is 0 Å². The first-order valence-electron chi connectivity index (χ1n) is 6.61. The van der Waals surface area contributed by atoms with Crippen molar-refractivity contribution in [3.63, 3.8) is 0 Å². The van der Waals surface area contributed by atoms with Crippen LogP contribution in [0.3, 0.4) is 0 Å². The average molecular weight is 326 g/mol. The summed E-state index contributed by atoms with van der Waals surface area (Å²) in [5.74, 6) is 0. The molecule has 0 unspecified atom stereocenters. The molecule has 2 rings (SSSR count). The van der Waals surface area contributed by atoms with Crippen molar-refractivity contribution in [2.75, 3.05) is 26.2 Å². The molecule has 0 radical (unpaired) electrons. The molecule has 6 heteroatoms. The van der Waals surface area contributed by atoms with Gasteiger partial charge in [-0.2, -0.15) is 0 Å². The molecule has 2 aliphatic rings. The van der Waals surface area contributed by atoms with E-state index in [9.17, 15) is 20.4 Å². The fourth-order valence-electron chi connectivity index (χ4n) is 3.51. The number of piperidine rings is 1. The van der Waals surface area contributed by atoms with Crippen LogP contribution >= 0.6 is 0 Å². The van der Waals surface area contributed by atoms with Crippen molar-refractivity contribution in [3.05, 3.63) is 0 Å². The molecule has 4 atom stereocenters. The van der Waals surface area contributed by atoms with Crippen LogP contribution in [0.2, 0.25) is 0 Å². The molecule has 0 aromatic carbocycles. The van der Waals surface area contributed by atoms with Gasteiger partial charge in [0.1, 0.15) is 30.9 Å². The number of hydrogen-bond donors (Lipinski definition) is 4. The van der Waals surface area contributed by atoms with Gasteiger partial charge in [-0.15, -0.1) is 0 Å². The van der Waals surface area contributed by atoms with Crippen LogP contribution in [0.4, 0.5) is 0 Å². The minimum absolute atomic E-state index is 0. The van der Waals surface area contributed by atoms with Gasteiger partial charge in [0.2, 0.25) is 0 Å². The SMILES string of the molecule is OC[C@@H]1[C@@H](O)[C@H](O)[C@H](O)C[N+]12CCCCCC2.[Br-]. The van der Waals surface area contributed by atoms with Crippen LogP contribution in [0.5, 0.6) is 0 Å². The molecule has 0 amide bonds. The maximum absolute atomic E-state index is 10.0. The summed E-state index contributed by atoms with van der Waals surface area (Å²) in [7, 11) is 0.